The fraction of sp³-hybridized carbons (Fsp3) is 0.690. The number of hydrogen-bond acceptors (Lipinski definition) is 14. The molecule has 0 aliphatic heterocycles. The molecule has 0 fully saturated rings. The van der Waals surface area contributed by atoms with Crippen LogP contribution in [0.4, 0.5) is 0 Å². The summed E-state index contributed by atoms with van der Waals surface area (Å²) in [6.07, 6.45) is 97.3. The monoisotopic (exact) mass is 1510 g/mol. The summed E-state index contributed by atoms with van der Waals surface area (Å²) < 4.78 is 61.3. The van der Waals surface area contributed by atoms with Gasteiger partial charge in [-0.05, 0) is 148 Å². The fourth-order valence-electron chi connectivity index (χ4n) is 10.8. The van der Waals surface area contributed by atoms with Gasteiger partial charge >= 0.3 is 33.6 Å². The highest BCUT2D eigenvalue weighted by atomic mass is 31.2. The van der Waals surface area contributed by atoms with E-state index in [0.717, 1.165) is 167 Å². The molecule has 105 heavy (non-hydrogen) atoms. The average molecular weight is 1510 g/mol. The van der Waals surface area contributed by atoms with Crippen LogP contribution in [0, 0.1) is 0 Å². The van der Waals surface area contributed by atoms with Gasteiger partial charge in [0.25, 0.3) is 0 Å². The molecular formula is C87H148O16P2. The maximum atomic E-state index is 13.0. The molecule has 0 aliphatic rings. The predicted molar refractivity (Wildman–Crippen MR) is 436 cm³/mol. The Morgan fingerprint density at radius 2 is 0.505 bits per heavy atom. The summed E-state index contributed by atoms with van der Waals surface area (Å²) in [6.45, 7) is 2.50. The molecule has 5 atom stereocenters. The van der Waals surface area contributed by atoms with Gasteiger partial charge in [0, 0.05) is 19.3 Å². The smallest absolute Gasteiger partial charge is 0.463 e. The number of aliphatic hydroxyl groups is 2. The second-order valence-corrected chi connectivity index (χ2v) is 30.1. The molecule has 0 saturated heterocycles. The lowest BCUT2D eigenvalue weighted by Crippen LogP contribution is -2.30. The van der Waals surface area contributed by atoms with E-state index < -0.39 is 91.5 Å². The normalized spacial score (nSPS) is 14.7. The minimum atomic E-state index is -4.95. The van der Waals surface area contributed by atoms with Crippen molar-refractivity contribution < 1.29 is 75.8 Å². The van der Waals surface area contributed by atoms with Gasteiger partial charge in [-0.3, -0.25) is 32.5 Å². The van der Waals surface area contributed by atoms with Gasteiger partial charge in [-0.15, -0.1) is 0 Å². The van der Waals surface area contributed by atoms with Gasteiger partial charge in [0.05, 0.1) is 26.4 Å². The number of unbranched alkanes of at least 4 members (excludes halogenated alkanes) is 30. The minimum absolute atomic E-state index is 0.0827. The van der Waals surface area contributed by atoms with Crippen LogP contribution in [0.3, 0.4) is 0 Å². The molecule has 602 valence electrons. The van der Waals surface area contributed by atoms with Crippen molar-refractivity contribution in [2.45, 2.75) is 347 Å². The highest BCUT2D eigenvalue weighted by Crippen LogP contribution is 2.45. The van der Waals surface area contributed by atoms with E-state index in [1.54, 1.807) is 0 Å². The van der Waals surface area contributed by atoms with E-state index in [9.17, 15) is 43.5 Å². The molecule has 0 aromatic carbocycles. The standard InChI is InChI=1S/C87H148O16P2/c1-4-7-10-13-16-19-22-25-28-31-34-36-38-40-42-44-47-49-52-55-58-61-64-67-70-73-85(90)97-76-82(88)77-99-104(93,94)100-78-83(89)79-101-105(95,96)102-81-84(103-87(92)75-72-69-66-63-60-57-54-51-46-33-30-27-24-21-18-15-12-9-6-3)80-98-86(91)74-71-68-65-62-59-56-53-50-48-45-43-41-39-37-35-32-29-26-23-20-17-14-11-8-5-2/h9,12,16-21,25-30,34-37,40-43,46,51,82-84,88-89H,4-8,10-11,13-15,22-24,31-33,38-39,44-45,47-50,52-81H2,1-3H3,(H,93,94)(H,95,96)/b12-9-,19-16-,20-17-,21-18-,28-25-,29-26-,30-27-,36-34-,37-35-,42-40-,43-41-,51-46-. The van der Waals surface area contributed by atoms with Crippen LogP contribution in [0.2, 0.25) is 0 Å². The first-order valence-corrected chi connectivity index (χ1v) is 44.1. The van der Waals surface area contributed by atoms with Gasteiger partial charge in [0.2, 0.25) is 0 Å². The van der Waals surface area contributed by atoms with Crippen LogP contribution in [-0.2, 0) is 55.8 Å². The van der Waals surface area contributed by atoms with E-state index >= 15 is 0 Å². The molecule has 18 heteroatoms. The number of phosphoric ester groups is 2. The Kier molecular flexibility index (Phi) is 75.6. The second kappa shape index (κ2) is 79.0. The molecule has 0 rings (SSSR count). The van der Waals surface area contributed by atoms with E-state index in [4.69, 9.17) is 32.3 Å². The molecule has 0 heterocycles. The van der Waals surface area contributed by atoms with Crippen molar-refractivity contribution in [2.24, 2.45) is 0 Å². The van der Waals surface area contributed by atoms with Gasteiger partial charge in [0.15, 0.2) is 6.10 Å². The second-order valence-electron chi connectivity index (χ2n) is 27.2. The Bertz CT molecular complexity index is 2490. The summed E-state index contributed by atoms with van der Waals surface area (Å²) >= 11 is 0. The largest absolute Gasteiger partial charge is 0.472 e. The van der Waals surface area contributed by atoms with Crippen LogP contribution in [-0.4, -0.2) is 95.9 Å². The lowest BCUT2D eigenvalue weighted by molar-refractivity contribution is -0.161. The third kappa shape index (κ3) is 80.3. The molecule has 0 amide bonds. The first-order chi connectivity index (χ1) is 51.2. The minimum Gasteiger partial charge on any atom is -0.463 e. The number of ether oxygens (including phenoxy) is 3. The third-order valence-corrected chi connectivity index (χ3v) is 18.9. The molecule has 16 nitrogen and oxygen atoms in total. The average Bonchev–Trinajstić information content (AvgIpc) is 0.916. The Morgan fingerprint density at radius 1 is 0.276 bits per heavy atom. The van der Waals surface area contributed by atoms with Crippen LogP contribution in [0.15, 0.2) is 146 Å². The third-order valence-electron chi connectivity index (χ3n) is 17.0. The van der Waals surface area contributed by atoms with E-state index in [0.29, 0.717) is 19.3 Å². The van der Waals surface area contributed by atoms with Crippen molar-refractivity contribution in [1.82, 2.24) is 0 Å². The zero-order valence-corrected chi connectivity index (χ0v) is 67.6. The zero-order valence-electron chi connectivity index (χ0n) is 65.9. The lowest BCUT2D eigenvalue weighted by atomic mass is 10.1. The summed E-state index contributed by atoms with van der Waals surface area (Å²) in [4.78, 5) is 58.8. The summed E-state index contributed by atoms with van der Waals surface area (Å²) in [7, 11) is -9.81. The SMILES string of the molecule is CC/C=C\C/C=C\C/C=C\C/C=C\CCCCCCCCC(=O)OC(COC(=O)CCCCCCCCCCC/C=C\C/C=C\C/C=C\C/C=C\CCCCC)COP(=O)(O)OCC(O)COP(=O)(O)OCC(O)COC(=O)CCCCCCCCCCC/C=C\C/C=C\C/C=C\C/C=C\CCCCC. The molecule has 0 aromatic rings. The van der Waals surface area contributed by atoms with Gasteiger partial charge in [-0.25, -0.2) is 9.13 Å². The molecule has 0 aliphatic carbocycles. The van der Waals surface area contributed by atoms with Crippen molar-refractivity contribution in [1.29, 1.82) is 0 Å². The molecule has 0 bridgehead atoms. The van der Waals surface area contributed by atoms with E-state index in [1.165, 1.54) is 103 Å². The summed E-state index contributed by atoms with van der Waals surface area (Å²) in [5.74, 6) is -1.60. The van der Waals surface area contributed by atoms with Gasteiger partial charge in [0.1, 0.15) is 25.4 Å². The molecule has 0 saturated carbocycles. The quantitative estimate of drug-likeness (QED) is 0.0146. The first-order valence-electron chi connectivity index (χ1n) is 41.1. The molecule has 0 spiro atoms. The van der Waals surface area contributed by atoms with Crippen molar-refractivity contribution in [3.8, 4) is 0 Å². The lowest BCUT2D eigenvalue weighted by Gasteiger charge is -2.21. The number of hydrogen-bond donors (Lipinski definition) is 4. The van der Waals surface area contributed by atoms with Crippen molar-refractivity contribution >= 4 is 33.6 Å². The number of rotatable bonds is 77. The van der Waals surface area contributed by atoms with Crippen molar-refractivity contribution in [3.05, 3.63) is 146 Å². The number of aliphatic hydroxyl groups excluding tert-OH is 2. The van der Waals surface area contributed by atoms with E-state index in [2.05, 4.69) is 167 Å². The highest BCUT2D eigenvalue weighted by molar-refractivity contribution is 7.47. The van der Waals surface area contributed by atoms with E-state index in [-0.39, 0.29) is 19.3 Å². The zero-order chi connectivity index (χ0) is 76.6. The molecular weight excluding hydrogens is 1360 g/mol. The first kappa shape index (κ1) is 100. The highest BCUT2D eigenvalue weighted by Gasteiger charge is 2.29. The molecule has 0 aromatic heterocycles. The Morgan fingerprint density at radius 3 is 0.800 bits per heavy atom. The van der Waals surface area contributed by atoms with Crippen molar-refractivity contribution in [3.63, 3.8) is 0 Å². The summed E-state index contributed by atoms with van der Waals surface area (Å²) in [5.41, 5.74) is 0. The maximum absolute atomic E-state index is 13.0. The van der Waals surface area contributed by atoms with Crippen molar-refractivity contribution in [2.75, 3.05) is 39.6 Å². The van der Waals surface area contributed by atoms with Crippen LogP contribution in [0.5, 0.6) is 0 Å². The number of carbonyl (C=O) groups is 3. The Hall–Kier alpha value is -4.57. The number of phosphoric acid groups is 2. The molecule has 4 N–H and O–H groups in total. The van der Waals surface area contributed by atoms with Crippen LogP contribution < -0.4 is 0 Å². The van der Waals surface area contributed by atoms with Crippen LogP contribution >= 0.6 is 15.6 Å². The summed E-state index contributed by atoms with van der Waals surface area (Å²) in [6, 6.07) is 0. The Balaban J connectivity index is 4.68. The number of esters is 3. The molecule has 5 unspecified atom stereocenters. The predicted octanol–water partition coefficient (Wildman–Crippen LogP) is 24.4. The van der Waals surface area contributed by atoms with Gasteiger partial charge in [-0.1, -0.05) is 308 Å². The Labute approximate surface area is 638 Å². The molecule has 0 radical (unpaired) electrons. The summed E-state index contributed by atoms with van der Waals surface area (Å²) in [5, 5.41) is 20.7. The maximum Gasteiger partial charge on any atom is 0.472 e. The fourth-order valence-corrected chi connectivity index (χ4v) is 12.4. The van der Waals surface area contributed by atoms with E-state index in [1.807, 2.05) is 0 Å². The number of carbonyl (C=O) groups excluding carboxylic acids is 3. The topological polar surface area (TPSA) is 231 Å². The van der Waals surface area contributed by atoms with Gasteiger partial charge in [-0.2, -0.15) is 0 Å². The van der Waals surface area contributed by atoms with Crippen LogP contribution in [0.25, 0.3) is 0 Å². The van der Waals surface area contributed by atoms with Crippen LogP contribution in [0.1, 0.15) is 329 Å². The van der Waals surface area contributed by atoms with Gasteiger partial charge < -0.3 is 34.2 Å². The number of allylic oxidation sites excluding steroid dienone is 24.